The number of benzene rings is 2. The summed E-state index contributed by atoms with van der Waals surface area (Å²) in [6.45, 7) is 0.811. The quantitative estimate of drug-likeness (QED) is 0.783. The minimum Gasteiger partial charge on any atom is -0.497 e. The SMILES string of the molecule is COc1ccc(OCCNC(=O)C2(c3ccc(F)cc3)CCC2)cc1. The van der Waals surface area contributed by atoms with Crippen LogP contribution in [0.4, 0.5) is 4.39 Å². The molecule has 1 amide bonds. The summed E-state index contributed by atoms with van der Waals surface area (Å²) in [6, 6.07) is 13.5. The second-order valence-electron chi connectivity index (χ2n) is 6.22. The molecule has 0 heterocycles. The van der Waals surface area contributed by atoms with Crippen molar-refractivity contribution < 1.29 is 18.7 Å². The Labute approximate surface area is 147 Å². The normalized spacial score (nSPS) is 15.1. The fourth-order valence-corrected chi connectivity index (χ4v) is 3.12. The molecule has 0 spiro atoms. The van der Waals surface area contributed by atoms with Crippen LogP contribution >= 0.6 is 0 Å². The van der Waals surface area contributed by atoms with Gasteiger partial charge in [0.15, 0.2) is 0 Å². The molecule has 25 heavy (non-hydrogen) atoms. The van der Waals surface area contributed by atoms with Gasteiger partial charge in [-0.25, -0.2) is 4.39 Å². The van der Waals surface area contributed by atoms with Gasteiger partial charge in [0.05, 0.1) is 19.1 Å². The standard InChI is InChI=1S/C20H22FNO3/c1-24-17-7-9-18(10-8-17)25-14-13-22-19(23)20(11-2-12-20)15-3-5-16(21)6-4-15/h3-10H,2,11-14H2,1H3,(H,22,23). The zero-order valence-electron chi connectivity index (χ0n) is 14.3. The van der Waals surface area contributed by atoms with E-state index in [4.69, 9.17) is 9.47 Å². The fourth-order valence-electron chi connectivity index (χ4n) is 3.12. The minimum atomic E-state index is -0.520. The lowest BCUT2D eigenvalue weighted by atomic mass is 9.64. The molecule has 5 heteroatoms. The fraction of sp³-hybridized carbons (Fsp3) is 0.350. The van der Waals surface area contributed by atoms with Crippen LogP contribution in [0, 0.1) is 5.82 Å². The number of carbonyl (C=O) groups is 1. The van der Waals surface area contributed by atoms with Crippen LogP contribution in [-0.2, 0) is 10.2 Å². The molecule has 132 valence electrons. The largest absolute Gasteiger partial charge is 0.497 e. The van der Waals surface area contributed by atoms with Gasteiger partial charge in [-0.1, -0.05) is 18.6 Å². The topological polar surface area (TPSA) is 47.6 Å². The predicted molar refractivity (Wildman–Crippen MR) is 93.4 cm³/mol. The Balaban J connectivity index is 1.51. The molecule has 0 unspecified atom stereocenters. The summed E-state index contributed by atoms with van der Waals surface area (Å²) >= 11 is 0. The van der Waals surface area contributed by atoms with E-state index in [9.17, 15) is 9.18 Å². The minimum absolute atomic E-state index is 0.0105. The molecule has 1 fully saturated rings. The third-order valence-corrected chi connectivity index (χ3v) is 4.75. The zero-order chi connectivity index (χ0) is 17.7. The van der Waals surface area contributed by atoms with Gasteiger partial charge in [-0.15, -0.1) is 0 Å². The Kier molecular flexibility index (Phi) is 5.22. The molecule has 0 radical (unpaired) electrons. The van der Waals surface area contributed by atoms with Crippen LogP contribution in [0.25, 0.3) is 0 Å². The molecule has 4 nitrogen and oxygen atoms in total. The highest BCUT2D eigenvalue weighted by atomic mass is 19.1. The van der Waals surface area contributed by atoms with E-state index in [2.05, 4.69) is 5.32 Å². The second kappa shape index (κ2) is 7.55. The van der Waals surface area contributed by atoms with E-state index < -0.39 is 5.41 Å². The average Bonchev–Trinajstić information content (AvgIpc) is 2.60. The predicted octanol–water partition coefficient (Wildman–Crippen LogP) is 3.45. The average molecular weight is 343 g/mol. The first-order valence-corrected chi connectivity index (χ1v) is 8.45. The number of ether oxygens (including phenoxy) is 2. The van der Waals surface area contributed by atoms with Crippen molar-refractivity contribution in [3.05, 3.63) is 59.9 Å². The Morgan fingerprint density at radius 2 is 1.72 bits per heavy atom. The number of nitrogens with one attached hydrogen (secondary N) is 1. The van der Waals surface area contributed by atoms with Gasteiger partial charge < -0.3 is 14.8 Å². The van der Waals surface area contributed by atoms with Crippen molar-refractivity contribution in [3.8, 4) is 11.5 Å². The third-order valence-electron chi connectivity index (χ3n) is 4.75. The molecule has 0 aromatic heterocycles. The number of methoxy groups -OCH3 is 1. The first-order chi connectivity index (χ1) is 12.1. The van der Waals surface area contributed by atoms with Crippen LogP contribution in [0.5, 0.6) is 11.5 Å². The number of carbonyl (C=O) groups excluding carboxylic acids is 1. The molecule has 3 rings (SSSR count). The van der Waals surface area contributed by atoms with Gasteiger partial charge >= 0.3 is 0 Å². The van der Waals surface area contributed by atoms with Gasteiger partial charge in [-0.2, -0.15) is 0 Å². The van der Waals surface area contributed by atoms with E-state index in [0.717, 1.165) is 36.3 Å². The lowest BCUT2D eigenvalue weighted by molar-refractivity contribution is -0.130. The molecule has 1 aliphatic carbocycles. The zero-order valence-corrected chi connectivity index (χ0v) is 14.3. The summed E-state index contributed by atoms with van der Waals surface area (Å²) in [6.07, 6.45) is 2.60. The maximum absolute atomic E-state index is 13.1. The number of rotatable bonds is 7. The van der Waals surface area contributed by atoms with Crippen molar-refractivity contribution in [2.75, 3.05) is 20.3 Å². The summed E-state index contributed by atoms with van der Waals surface area (Å²) in [5.41, 5.74) is 0.363. The van der Waals surface area contributed by atoms with E-state index >= 15 is 0 Å². The lowest BCUT2D eigenvalue weighted by Crippen LogP contribution is -2.50. The Bertz CT molecular complexity index is 709. The lowest BCUT2D eigenvalue weighted by Gasteiger charge is -2.40. The molecule has 1 saturated carbocycles. The van der Waals surface area contributed by atoms with Crippen molar-refractivity contribution in [1.82, 2.24) is 5.32 Å². The number of halogens is 1. The van der Waals surface area contributed by atoms with Gasteiger partial charge in [-0.3, -0.25) is 4.79 Å². The van der Waals surface area contributed by atoms with E-state index in [1.807, 2.05) is 24.3 Å². The number of amides is 1. The number of hydrogen-bond acceptors (Lipinski definition) is 3. The van der Waals surface area contributed by atoms with Crippen molar-refractivity contribution >= 4 is 5.91 Å². The molecule has 0 bridgehead atoms. The summed E-state index contributed by atoms with van der Waals surface area (Å²) < 4.78 is 23.8. The van der Waals surface area contributed by atoms with Gasteiger partial charge in [0.25, 0.3) is 0 Å². The first-order valence-electron chi connectivity index (χ1n) is 8.45. The van der Waals surface area contributed by atoms with Crippen molar-refractivity contribution in [2.24, 2.45) is 0 Å². The van der Waals surface area contributed by atoms with Crippen molar-refractivity contribution in [2.45, 2.75) is 24.7 Å². The van der Waals surface area contributed by atoms with Crippen LogP contribution in [0.2, 0.25) is 0 Å². The van der Waals surface area contributed by atoms with E-state index in [1.165, 1.54) is 12.1 Å². The third kappa shape index (κ3) is 3.76. The molecular weight excluding hydrogens is 321 g/mol. The van der Waals surface area contributed by atoms with Crippen LogP contribution in [-0.4, -0.2) is 26.2 Å². The Hall–Kier alpha value is -2.56. The highest BCUT2D eigenvalue weighted by Crippen LogP contribution is 2.43. The summed E-state index contributed by atoms with van der Waals surface area (Å²) in [7, 11) is 1.61. The molecule has 0 aliphatic heterocycles. The molecule has 2 aromatic rings. The second-order valence-corrected chi connectivity index (χ2v) is 6.22. The Morgan fingerprint density at radius 1 is 1.08 bits per heavy atom. The summed E-state index contributed by atoms with van der Waals surface area (Å²) in [5.74, 6) is 1.20. The van der Waals surface area contributed by atoms with Gasteiger partial charge in [0, 0.05) is 0 Å². The van der Waals surface area contributed by atoms with Gasteiger partial charge in [0.1, 0.15) is 23.9 Å². The summed E-state index contributed by atoms with van der Waals surface area (Å²) in [4.78, 5) is 12.7. The first kappa shape index (κ1) is 17.3. The Morgan fingerprint density at radius 3 is 2.28 bits per heavy atom. The van der Waals surface area contributed by atoms with E-state index in [-0.39, 0.29) is 11.7 Å². The van der Waals surface area contributed by atoms with Crippen molar-refractivity contribution in [3.63, 3.8) is 0 Å². The number of hydrogen-bond donors (Lipinski definition) is 1. The molecule has 2 aromatic carbocycles. The molecule has 1 N–H and O–H groups in total. The molecule has 0 saturated heterocycles. The summed E-state index contributed by atoms with van der Waals surface area (Å²) in [5, 5.41) is 2.95. The van der Waals surface area contributed by atoms with Crippen LogP contribution in [0.1, 0.15) is 24.8 Å². The monoisotopic (exact) mass is 343 g/mol. The molecule has 0 atom stereocenters. The van der Waals surface area contributed by atoms with Gasteiger partial charge in [0.2, 0.25) is 5.91 Å². The van der Waals surface area contributed by atoms with E-state index in [1.54, 1.807) is 19.2 Å². The highest BCUT2D eigenvalue weighted by molar-refractivity contribution is 5.89. The molecular formula is C20H22FNO3. The van der Waals surface area contributed by atoms with Crippen molar-refractivity contribution in [1.29, 1.82) is 0 Å². The maximum Gasteiger partial charge on any atom is 0.230 e. The van der Waals surface area contributed by atoms with Crippen LogP contribution < -0.4 is 14.8 Å². The highest BCUT2D eigenvalue weighted by Gasteiger charge is 2.45. The molecule has 1 aliphatic rings. The van der Waals surface area contributed by atoms with Crippen LogP contribution in [0.3, 0.4) is 0 Å². The smallest absolute Gasteiger partial charge is 0.230 e. The van der Waals surface area contributed by atoms with Gasteiger partial charge in [-0.05, 0) is 54.8 Å². The van der Waals surface area contributed by atoms with Crippen LogP contribution in [0.15, 0.2) is 48.5 Å². The van der Waals surface area contributed by atoms with E-state index in [0.29, 0.717) is 13.2 Å². The maximum atomic E-state index is 13.1.